The lowest BCUT2D eigenvalue weighted by Crippen LogP contribution is -2.36. The van der Waals surface area contributed by atoms with Crippen LogP contribution in [0.15, 0.2) is 0 Å². The molecule has 1 rings (SSSR count). The maximum absolute atomic E-state index is 11.5. The van der Waals surface area contributed by atoms with Gasteiger partial charge in [0.15, 0.2) is 0 Å². The molecule has 6 nitrogen and oxygen atoms in total. The second kappa shape index (κ2) is 6.27. The molecule has 0 amide bonds. The highest BCUT2D eigenvalue weighted by atomic mass is 16.4. The number of carboxylic acid groups (broad SMARTS) is 1. The molecule has 0 aromatic carbocycles. The van der Waals surface area contributed by atoms with Crippen molar-refractivity contribution < 1.29 is 19.5 Å². The van der Waals surface area contributed by atoms with Gasteiger partial charge in [-0.15, -0.1) is 0 Å². The first-order chi connectivity index (χ1) is 8.10. The highest BCUT2D eigenvalue weighted by Crippen LogP contribution is 2.24. The van der Waals surface area contributed by atoms with E-state index in [1.165, 1.54) is 0 Å². The van der Waals surface area contributed by atoms with Crippen LogP contribution in [0.1, 0.15) is 26.2 Å². The molecule has 0 saturated carbocycles. The van der Waals surface area contributed by atoms with E-state index >= 15 is 0 Å². The van der Waals surface area contributed by atoms with Gasteiger partial charge in [0, 0.05) is 12.5 Å². The highest BCUT2D eigenvalue weighted by Gasteiger charge is 2.39. The summed E-state index contributed by atoms with van der Waals surface area (Å²) in [6, 6.07) is -0.595. The van der Waals surface area contributed by atoms with Crippen LogP contribution in [0.4, 0.5) is 0 Å². The molecule has 1 aliphatic heterocycles. The van der Waals surface area contributed by atoms with Gasteiger partial charge in [-0.2, -0.15) is 4.79 Å². The van der Waals surface area contributed by atoms with Gasteiger partial charge in [-0.25, -0.2) is 0 Å². The summed E-state index contributed by atoms with van der Waals surface area (Å²) in [7, 11) is 0. The zero-order valence-corrected chi connectivity index (χ0v) is 9.87. The van der Waals surface area contributed by atoms with Crippen LogP contribution < -0.4 is 0 Å². The van der Waals surface area contributed by atoms with Gasteiger partial charge in [0.2, 0.25) is 5.78 Å². The number of unbranched alkanes of at least 4 members (excludes halogenated alkanes) is 1. The van der Waals surface area contributed by atoms with E-state index in [0.29, 0.717) is 19.5 Å². The average Bonchev–Trinajstić information content (AvgIpc) is 2.70. The lowest BCUT2D eigenvalue weighted by molar-refractivity contribution is -0.142. The largest absolute Gasteiger partial charge is 0.480 e. The topological polar surface area (TPSA) is 94.0 Å². The van der Waals surface area contributed by atoms with Crippen LogP contribution in [0.5, 0.6) is 0 Å². The van der Waals surface area contributed by atoms with Gasteiger partial charge >= 0.3 is 12.2 Å². The Morgan fingerprint density at radius 1 is 1.59 bits per heavy atom. The van der Waals surface area contributed by atoms with Crippen LogP contribution in [-0.4, -0.2) is 51.9 Å². The minimum Gasteiger partial charge on any atom is -0.480 e. The van der Waals surface area contributed by atoms with Gasteiger partial charge in [0.1, 0.15) is 6.04 Å². The van der Waals surface area contributed by atoms with Crippen molar-refractivity contribution in [2.45, 2.75) is 32.2 Å². The van der Waals surface area contributed by atoms with Crippen molar-refractivity contribution in [1.29, 1.82) is 0 Å². The van der Waals surface area contributed by atoms with Crippen molar-refractivity contribution >= 4 is 18.0 Å². The van der Waals surface area contributed by atoms with Crippen molar-refractivity contribution in [3.05, 3.63) is 5.53 Å². The van der Waals surface area contributed by atoms with Gasteiger partial charge in [0.25, 0.3) is 0 Å². The number of carboxylic acids is 1. The molecular formula is C11H17N3O3. The van der Waals surface area contributed by atoms with E-state index in [2.05, 4.69) is 4.79 Å². The molecule has 1 fully saturated rings. The number of nitrogens with zero attached hydrogens (tertiary/aromatic N) is 3. The molecule has 1 heterocycles. The molecule has 0 radical (unpaired) electrons. The summed E-state index contributed by atoms with van der Waals surface area (Å²) >= 11 is 0. The molecule has 6 heteroatoms. The number of rotatable bonds is 6. The van der Waals surface area contributed by atoms with E-state index in [0.717, 1.165) is 19.1 Å². The molecule has 0 aromatic rings. The predicted octanol–water partition coefficient (Wildman–Crippen LogP) is 0.431. The molecule has 94 valence electrons. The summed E-state index contributed by atoms with van der Waals surface area (Å²) in [5.41, 5.74) is 8.30. The van der Waals surface area contributed by atoms with E-state index < -0.39 is 12.0 Å². The minimum atomic E-state index is -0.891. The standard InChI is InChI=1S/C11H17N3O3/c1-2-3-4-14-7-8(10(15)6-13-12)5-9(14)11(16)17/h6,8-9H,2-5,7H2,1H3,(H,16,17). The van der Waals surface area contributed by atoms with Crippen LogP contribution in [0.25, 0.3) is 5.53 Å². The van der Waals surface area contributed by atoms with E-state index in [9.17, 15) is 9.59 Å². The first-order valence-electron chi connectivity index (χ1n) is 5.78. The Labute approximate surface area is 99.8 Å². The van der Waals surface area contributed by atoms with Crippen LogP contribution in [0.2, 0.25) is 0 Å². The fraction of sp³-hybridized carbons (Fsp3) is 0.727. The Hall–Kier alpha value is -1.52. The summed E-state index contributed by atoms with van der Waals surface area (Å²) in [5.74, 6) is -1.57. The molecule has 1 N–H and O–H groups in total. The Morgan fingerprint density at radius 3 is 2.82 bits per heavy atom. The summed E-state index contributed by atoms with van der Waals surface area (Å²) in [6.07, 6.45) is 3.05. The molecule has 2 unspecified atom stereocenters. The van der Waals surface area contributed by atoms with Gasteiger partial charge in [-0.05, 0) is 19.4 Å². The molecule has 1 aliphatic rings. The van der Waals surface area contributed by atoms with E-state index in [1.54, 1.807) is 0 Å². The first kappa shape index (κ1) is 13.5. The number of carbonyl (C=O) groups excluding carboxylic acids is 1. The molecule has 0 aliphatic carbocycles. The van der Waals surface area contributed by atoms with E-state index in [-0.39, 0.29) is 11.7 Å². The van der Waals surface area contributed by atoms with Crippen molar-refractivity contribution in [2.75, 3.05) is 13.1 Å². The van der Waals surface area contributed by atoms with E-state index in [4.69, 9.17) is 10.6 Å². The molecular weight excluding hydrogens is 222 g/mol. The molecule has 0 spiro atoms. The number of hydrogen-bond acceptors (Lipinski definition) is 3. The third-order valence-electron chi connectivity index (χ3n) is 3.07. The fourth-order valence-corrected chi connectivity index (χ4v) is 2.14. The second-order valence-electron chi connectivity index (χ2n) is 4.28. The number of carbonyl (C=O) groups is 2. The highest BCUT2D eigenvalue weighted by molar-refractivity contribution is 6.26. The Balaban J connectivity index is 2.67. The normalized spacial score (nSPS) is 24.3. The van der Waals surface area contributed by atoms with Gasteiger partial charge in [0.05, 0.1) is 0 Å². The molecule has 0 bridgehead atoms. The summed E-state index contributed by atoms with van der Waals surface area (Å²) < 4.78 is 0. The van der Waals surface area contributed by atoms with Gasteiger partial charge in [-0.1, -0.05) is 13.3 Å². The maximum atomic E-state index is 11.5. The number of ketones is 1. The minimum absolute atomic E-state index is 0.296. The SMILES string of the molecule is CCCCN1CC(C(=O)C=[N+]=[N-])CC1C(=O)O. The molecule has 2 atom stereocenters. The number of hydrogen-bond donors (Lipinski definition) is 1. The first-order valence-corrected chi connectivity index (χ1v) is 5.78. The van der Waals surface area contributed by atoms with Crippen molar-refractivity contribution in [3.63, 3.8) is 0 Å². The third-order valence-corrected chi connectivity index (χ3v) is 3.07. The van der Waals surface area contributed by atoms with Gasteiger partial charge in [-0.3, -0.25) is 14.5 Å². The Kier molecular flexibility index (Phi) is 5.00. The van der Waals surface area contributed by atoms with Crippen molar-refractivity contribution in [2.24, 2.45) is 5.92 Å². The number of Topliss-reactive ketones (excluding diaryl/α,β-unsaturated/α-hetero) is 1. The van der Waals surface area contributed by atoms with Crippen LogP contribution in [0, 0.1) is 5.92 Å². The summed E-state index contributed by atoms with van der Waals surface area (Å²) in [5, 5.41) is 9.08. The quantitative estimate of drug-likeness (QED) is 0.413. The Morgan fingerprint density at radius 2 is 2.29 bits per heavy atom. The van der Waals surface area contributed by atoms with Crippen LogP contribution in [0.3, 0.4) is 0 Å². The van der Waals surface area contributed by atoms with Gasteiger partial charge < -0.3 is 10.6 Å². The van der Waals surface area contributed by atoms with E-state index in [1.807, 2.05) is 11.8 Å². The zero-order valence-electron chi connectivity index (χ0n) is 9.87. The van der Waals surface area contributed by atoms with Crippen molar-refractivity contribution in [1.82, 2.24) is 4.90 Å². The zero-order chi connectivity index (χ0) is 12.8. The van der Waals surface area contributed by atoms with Crippen LogP contribution >= 0.6 is 0 Å². The summed E-state index contributed by atoms with van der Waals surface area (Å²) in [4.78, 5) is 27.1. The predicted molar refractivity (Wildman–Crippen MR) is 60.7 cm³/mol. The number of likely N-dealkylation sites (tertiary alicyclic amines) is 1. The monoisotopic (exact) mass is 239 g/mol. The number of aliphatic carboxylic acids is 1. The fourth-order valence-electron chi connectivity index (χ4n) is 2.14. The van der Waals surface area contributed by atoms with Crippen molar-refractivity contribution in [3.8, 4) is 0 Å². The smallest absolute Gasteiger partial charge is 0.323 e. The molecule has 17 heavy (non-hydrogen) atoms. The maximum Gasteiger partial charge on any atom is 0.323 e. The molecule has 0 aromatic heterocycles. The average molecular weight is 239 g/mol. The molecule has 1 saturated heterocycles. The summed E-state index contributed by atoms with van der Waals surface area (Å²) in [6.45, 7) is 3.15. The third kappa shape index (κ3) is 3.47. The lowest BCUT2D eigenvalue weighted by Gasteiger charge is -2.20. The lowest BCUT2D eigenvalue weighted by atomic mass is 10.0. The Bertz CT molecular complexity index is 350. The van der Waals surface area contributed by atoms with Crippen LogP contribution in [-0.2, 0) is 9.59 Å². The second-order valence-corrected chi connectivity index (χ2v) is 4.28.